The Morgan fingerprint density at radius 2 is 1.95 bits per heavy atom. The first-order valence-electron chi connectivity index (χ1n) is 12.9. The van der Waals surface area contributed by atoms with E-state index in [1.165, 1.54) is 18.2 Å². The van der Waals surface area contributed by atoms with Crippen LogP contribution in [0.15, 0.2) is 18.2 Å². The second kappa shape index (κ2) is 10.3. The van der Waals surface area contributed by atoms with Crippen molar-refractivity contribution in [1.82, 2.24) is 14.8 Å². The summed E-state index contributed by atoms with van der Waals surface area (Å²) in [6.45, 7) is 9.39. The van der Waals surface area contributed by atoms with Gasteiger partial charge >= 0.3 is 6.09 Å². The van der Waals surface area contributed by atoms with Gasteiger partial charge in [0.2, 0.25) is 0 Å². The molecule has 0 aliphatic carbocycles. The average molecular weight is 563 g/mol. The first-order chi connectivity index (χ1) is 18.5. The van der Waals surface area contributed by atoms with Crippen LogP contribution in [0, 0.1) is 5.82 Å². The highest BCUT2D eigenvalue weighted by atomic mass is 35.5. The second-order valence-electron chi connectivity index (χ2n) is 10.9. The summed E-state index contributed by atoms with van der Waals surface area (Å²) < 4.78 is 32.3. The van der Waals surface area contributed by atoms with Crippen LogP contribution in [0.3, 0.4) is 0 Å². The van der Waals surface area contributed by atoms with Crippen LogP contribution >= 0.6 is 11.6 Å². The van der Waals surface area contributed by atoms with Crippen LogP contribution in [-0.4, -0.2) is 95.6 Å². The summed E-state index contributed by atoms with van der Waals surface area (Å²) in [4.78, 5) is 36.7. The van der Waals surface area contributed by atoms with Crippen molar-refractivity contribution in [3.05, 3.63) is 34.6 Å². The Balaban J connectivity index is 1.59. The topological polar surface area (TPSA) is 105 Å². The van der Waals surface area contributed by atoms with Gasteiger partial charge in [-0.25, -0.2) is 14.2 Å². The SMILES string of the molecule is C[C@H]1COCCN1c1nc(-c2c(O)cccc2F)c(Cl)c2c1C(=O)N1CCN(C(=O)OC(C)(C)C)C[C@@H]1CO2. The van der Waals surface area contributed by atoms with Crippen LogP contribution in [0.2, 0.25) is 5.02 Å². The highest BCUT2D eigenvalue weighted by Gasteiger charge is 2.42. The van der Waals surface area contributed by atoms with E-state index in [1.54, 1.807) is 30.6 Å². The number of aromatic nitrogens is 1. The van der Waals surface area contributed by atoms with Crippen LogP contribution in [-0.2, 0) is 9.47 Å². The lowest BCUT2D eigenvalue weighted by molar-refractivity contribution is 0.000950. The Morgan fingerprint density at radius 1 is 1.18 bits per heavy atom. The lowest BCUT2D eigenvalue weighted by atomic mass is 10.0. The van der Waals surface area contributed by atoms with Gasteiger partial charge in [-0.15, -0.1) is 0 Å². The third-order valence-electron chi connectivity index (χ3n) is 6.97. The number of morpholine rings is 1. The summed E-state index contributed by atoms with van der Waals surface area (Å²) >= 11 is 6.78. The molecular formula is C27H32ClFN4O6. The van der Waals surface area contributed by atoms with Crippen molar-refractivity contribution in [3.8, 4) is 22.8 Å². The number of phenolic OH excluding ortho intramolecular Hbond substituents is 1. The molecule has 2 amide bonds. The van der Waals surface area contributed by atoms with E-state index in [4.69, 9.17) is 30.8 Å². The van der Waals surface area contributed by atoms with Gasteiger partial charge in [-0.05, 0) is 39.8 Å². The minimum absolute atomic E-state index is 0.0252. The molecule has 2 atom stereocenters. The van der Waals surface area contributed by atoms with Gasteiger partial charge in [-0.1, -0.05) is 17.7 Å². The van der Waals surface area contributed by atoms with Gasteiger partial charge in [0.1, 0.15) is 45.9 Å². The number of hydrogen-bond donors (Lipinski definition) is 1. The third-order valence-corrected chi connectivity index (χ3v) is 7.32. The highest BCUT2D eigenvalue weighted by Crippen LogP contribution is 2.46. The molecule has 12 heteroatoms. The lowest BCUT2D eigenvalue weighted by Gasteiger charge is -2.40. The Labute approximate surface area is 231 Å². The maximum atomic E-state index is 15.0. The minimum Gasteiger partial charge on any atom is -0.507 e. The van der Waals surface area contributed by atoms with Crippen molar-refractivity contribution in [3.63, 3.8) is 0 Å². The summed E-state index contributed by atoms with van der Waals surface area (Å²) in [7, 11) is 0. The molecule has 3 aliphatic heterocycles. The van der Waals surface area contributed by atoms with Gasteiger partial charge in [-0.2, -0.15) is 0 Å². The van der Waals surface area contributed by atoms with Crippen molar-refractivity contribution in [2.24, 2.45) is 0 Å². The van der Waals surface area contributed by atoms with Crippen molar-refractivity contribution < 1.29 is 33.3 Å². The molecule has 2 fully saturated rings. The monoisotopic (exact) mass is 562 g/mol. The summed E-state index contributed by atoms with van der Waals surface area (Å²) in [6.07, 6.45) is -0.462. The van der Waals surface area contributed by atoms with Gasteiger partial charge in [0.15, 0.2) is 5.75 Å². The summed E-state index contributed by atoms with van der Waals surface area (Å²) in [5, 5.41) is 10.5. The van der Waals surface area contributed by atoms with E-state index in [0.717, 1.165) is 0 Å². The van der Waals surface area contributed by atoms with Gasteiger partial charge in [0.05, 0.1) is 30.9 Å². The molecular weight excluding hydrogens is 531 g/mol. The predicted octanol–water partition coefficient (Wildman–Crippen LogP) is 3.93. The number of nitrogens with zero attached hydrogens (tertiary/aromatic N) is 4. The van der Waals surface area contributed by atoms with Crippen molar-refractivity contribution in [2.75, 3.05) is 50.9 Å². The zero-order valence-electron chi connectivity index (χ0n) is 22.4. The molecule has 0 bridgehead atoms. The first-order valence-corrected chi connectivity index (χ1v) is 13.3. The van der Waals surface area contributed by atoms with Crippen LogP contribution in [0.4, 0.5) is 15.0 Å². The molecule has 1 aromatic heterocycles. The fourth-order valence-corrected chi connectivity index (χ4v) is 5.39. The van der Waals surface area contributed by atoms with Crippen molar-refractivity contribution >= 4 is 29.4 Å². The molecule has 1 aromatic carbocycles. The van der Waals surface area contributed by atoms with Crippen LogP contribution in [0.1, 0.15) is 38.1 Å². The summed E-state index contributed by atoms with van der Waals surface area (Å²) in [5.41, 5.74) is -0.691. The molecule has 1 N–H and O–H groups in total. The van der Waals surface area contributed by atoms with Crippen molar-refractivity contribution in [2.45, 2.75) is 45.4 Å². The Kier molecular flexibility index (Phi) is 7.23. The minimum atomic E-state index is -0.712. The number of benzene rings is 1. The standard InChI is InChI=1S/C27H32ClFN4O6/c1-15-13-37-11-10-32(15)24-20-23(21(28)22(30-24)19-17(29)6-5-7-18(19)34)38-14-16-12-31(8-9-33(16)25(20)35)26(36)39-27(2,3)4/h5-7,15-16,34H,8-14H2,1-4H3/t15-,16+/m0/s1. The maximum absolute atomic E-state index is 15.0. The van der Waals surface area contributed by atoms with Gasteiger partial charge < -0.3 is 34.0 Å². The normalized spacial score (nSPS) is 21.6. The fraction of sp³-hybridized carbons (Fsp3) is 0.519. The number of carbonyl (C=O) groups is 2. The number of carbonyl (C=O) groups excluding carboxylic acids is 2. The van der Waals surface area contributed by atoms with Gasteiger partial charge in [0.25, 0.3) is 5.91 Å². The number of halogens is 2. The largest absolute Gasteiger partial charge is 0.507 e. The van der Waals surface area contributed by atoms with Crippen LogP contribution < -0.4 is 9.64 Å². The lowest BCUT2D eigenvalue weighted by Crippen LogP contribution is -2.58. The summed E-state index contributed by atoms with van der Waals surface area (Å²) in [6, 6.07) is 3.31. The van der Waals surface area contributed by atoms with E-state index in [9.17, 15) is 19.1 Å². The highest BCUT2D eigenvalue weighted by molar-refractivity contribution is 6.35. The molecule has 0 saturated carbocycles. The molecule has 0 spiro atoms. The first kappa shape index (κ1) is 27.3. The Hall–Kier alpha value is -3.31. The smallest absolute Gasteiger partial charge is 0.410 e. The van der Waals surface area contributed by atoms with E-state index >= 15 is 0 Å². The predicted molar refractivity (Wildman–Crippen MR) is 142 cm³/mol. The molecule has 3 aliphatic rings. The second-order valence-corrected chi connectivity index (χ2v) is 11.3. The molecule has 0 unspecified atom stereocenters. The molecule has 0 radical (unpaired) electrons. The molecule has 2 saturated heterocycles. The fourth-order valence-electron chi connectivity index (χ4n) is 5.10. The number of fused-ring (bicyclic) bond motifs is 2. The summed E-state index contributed by atoms with van der Waals surface area (Å²) in [5.74, 6) is -1.04. The van der Waals surface area contributed by atoms with E-state index in [0.29, 0.717) is 19.8 Å². The van der Waals surface area contributed by atoms with E-state index in [2.05, 4.69) is 0 Å². The zero-order valence-corrected chi connectivity index (χ0v) is 23.1. The van der Waals surface area contributed by atoms with E-state index < -0.39 is 23.6 Å². The number of rotatable bonds is 2. The molecule has 10 nitrogen and oxygen atoms in total. The van der Waals surface area contributed by atoms with Crippen LogP contribution in [0.5, 0.6) is 11.5 Å². The molecule has 5 rings (SSSR count). The van der Waals surface area contributed by atoms with Gasteiger partial charge in [0, 0.05) is 26.2 Å². The van der Waals surface area contributed by atoms with Gasteiger partial charge in [-0.3, -0.25) is 4.79 Å². The Morgan fingerprint density at radius 3 is 2.64 bits per heavy atom. The number of ether oxygens (including phenoxy) is 3. The molecule has 4 heterocycles. The van der Waals surface area contributed by atoms with Crippen molar-refractivity contribution in [1.29, 1.82) is 0 Å². The van der Waals surface area contributed by atoms with E-state index in [-0.39, 0.29) is 77.4 Å². The number of phenols is 1. The Bertz CT molecular complexity index is 1280. The molecule has 2 aromatic rings. The number of hydrogen-bond acceptors (Lipinski definition) is 8. The molecule has 210 valence electrons. The number of piperazine rings is 1. The van der Waals surface area contributed by atoms with Crippen LogP contribution in [0.25, 0.3) is 11.3 Å². The average Bonchev–Trinajstić information content (AvgIpc) is 3.01. The number of anilines is 1. The van der Waals surface area contributed by atoms with E-state index in [1.807, 2.05) is 11.8 Å². The maximum Gasteiger partial charge on any atom is 0.410 e. The quantitative estimate of drug-likeness (QED) is 0.587. The molecule has 39 heavy (non-hydrogen) atoms. The number of pyridine rings is 1. The third kappa shape index (κ3) is 5.17. The number of amides is 2. The number of aromatic hydroxyl groups is 1. The zero-order chi connectivity index (χ0) is 28.1.